The molecule has 1 aliphatic carbocycles. The number of anilines is 1. The minimum absolute atomic E-state index is 0.00910. The number of hydrogen-bond acceptors (Lipinski definition) is 2. The van der Waals surface area contributed by atoms with E-state index in [1.54, 1.807) is 0 Å². The third-order valence-electron chi connectivity index (χ3n) is 4.75. The Hall–Kier alpha value is -1.51. The van der Waals surface area contributed by atoms with Gasteiger partial charge in [-0.15, -0.1) is 0 Å². The van der Waals surface area contributed by atoms with Crippen LogP contribution in [0.1, 0.15) is 61.9 Å². The summed E-state index contributed by atoms with van der Waals surface area (Å²) in [4.78, 5) is 12.4. The molecule has 1 fully saturated rings. The summed E-state index contributed by atoms with van der Waals surface area (Å²) in [6, 6.07) is 5.53. The molecule has 0 aliphatic heterocycles. The van der Waals surface area contributed by atoms with Crippen molar-refractivity contribution in [3.05, 3.63) is 29.3 Å². The molecule has 0 unspecified atom stereocenters. The Morgan fingerprint density at radius 3 is 2.62 bits per heavy atom. The summed E-state index contributed by atoms with van der Waals surface area (Å²) >= 11 is 0. The van der Waals surface area contributed by atoms with Crippen molar-refractivity contribution in [2.75, 3.05) is 12.3 Å². The van der Waals surface area contributed by atoms with Crippen LogP contribution >= 0.6 is 0 Å². The first-order chi connectivity index (χ1) is 9.93. The quantitative estimate of drug-likeness (QED) is 0.807. The van der Waals surface area contributed by atoms with Crippen LogP contribution in [0.25, 0.3) is 0 Å². The van der Waals surface area contributed by atoms with Crippen molar-refractivity contribution in [3.8, 4) is 0 Å². The minimum Gasteiger partial charge on any atom is -0.398 e. The van der Waals surface area contributed by atoms with Crippen LogP contribution in [0.3, 0.4) is 0 Å². The molecule has 1 aromatic rings. The summed E-state index contributed by atoms with van der Waals surface area (Å²) in [5.41, 5.74) is 8.45. The van der Waals surface area contributed by atoms with Gasteiger partial charge in [-0.3, -0.25) is 4.79 Å². The van der Waals surface area contributed by atoms with Gasteiger partial charge in [0.2, 0.25) is 0 Å². The van der Waals surface area contributed by atoms with Gasteiger partial charge in [-0.2, -0.15) is 0 Å². The Balaban J connectivity index is 2.04. The SMILES string of the molecule is Cc1c(N)cccc1C(=O)NCC1(CC(C)C)CCCC1. The van der Waals surface area contributed by atoms with Crippen molar-refractivity contribution in [2.45, 2.75) is 52.9 Å². The van der Waals surface area contributed by atoms with Gasteiger partial charge in [0, 0.05) is 17.8 Å². The van der Waals surface area contributed by atoms with E-state index in [4.69, 9.17) is 5.73 Å². The molecule has 21 heavy (non-hydrogen) atoms. The van der Waals surface area contributed by atoms with Crippen LogP contribution in [0.5, 0.6) is 0 Å². The minimum atomic E-state index is 0.00910. The molecular weight excluding hydrogens is 260 g/mol. The smallest absolute Gasteiger partial charge is 0.251 e. The van der Waals surface area contributed by atoms with Crippen molar-refractivity contribution in [2.24, 2.45) is 11.3 Å². The van der Waals surface area contributed by atoms with E-state index < -0.39 is 0 Å². The maximum atomic E-state index is 12.4. The molecule has 0 bridgehead atoms. The molecular formula is C18H28N2O. The fourth-order valence-corrected chi connectivity index (χ4v) is 3.71. The second-order valence-corrected chi connectivity index (χ2v) is 7.01. The van der Waals surface area contributed by atoms with Crippen LogP contribution in [0, 0.1) is 18.3 Å². The third kappa shape index (κ3) is 3.78. The van der Waals surface area contributed by atoms with Crippen molar-refractivity contribution in [1.82, 2.24) is 5.32 Å². The molecule has 1 aromatic carbocycles. The van der Waals surface area contributed by atoms with Gasteiger partial charge in [-0.05, 0) is 55.2 Å². The van der Waals surface area contributed by atoms with Gasteiger partial charge >= 0.3 is 0 Å². The molecule has 0 spiro atoms. The number of benzene rings is 1. The van der Waals surface area contributed by atoms with Gasteiger partial charge in [0.25, 0.3) is 5.91 Å². The van der Waals surface area contributed by atoms with Gasteiger partial charge in [0.05, 0.1) is 0 Å². The monoisotopic (exact) mass is 288 g/mol. The molecule has 3 nitrogen and oxygen atoms in total. The molecule has 0 saturated heterocycles. The van der Waals surface area contributed by atoms with Crippen LogP contribution in [0.2, 0.25) is 0 Å². The van der Waals surface area contributed by atoms with E-state index >= 15 is 0 Å². The number of nitrogens with two attached hydrogens (primary N) is 1. The van der Waals surface area contributed by atoms with Crippen LogP contribution < -0.4 is 11.1 Å². The molecule has 0 aromatic heterocycles. The van der Waals surface area contributed by atoms with E-state index in [2.05, 4.69) is 19.2 Å². The van der Waals surface area contributed by atoms with Crippen molar-refractivity contribution in [3.63, 3.8) is 0 Å². The molecule has 1 aliphatic rings. The standard InChI is InChI=1S/C18H28N2O/c1-13(2)11-18(9-4-5-10-18)12-20-17(21)15-7-6-8-16(19)14(15)3/h6-8,13H,4-5,9-12,19H2,1-3H3,(H,20,21). The molecule has 2 rings (SSSR count). The first-order valence-corrected chi connectivity index (χ1v) is 8.07. The first kappa shape index (κ1) is 15.9. The van der Waals surface area contributed by atoms with Crippen molar-refractivity contribution < 1.29 is 4.79 Å². The number of carbonyl (C=O) groups excluding carboxylic acids is 1. The predicted molar refractivity (Wildman–Crippen MR) is 88.3 cm³/mol. The zero-order valence-electron chi connectivity index (χ0n) is 13.5. The fourth-order valence-electron chi connectivity index (χ4n) is 3.71. The molecule has 0 radical (unpaired) electrons. The number of hydrogen-bond donors (Lipinski definition) is 2. The molecule has 1 amide bonds. The number of rotatable bonds is 5. The second kappa shape index (κ2) is 6.50. The van der Waals surface area contributed by atoms with Crippen LogP contribution in [-0.2, 0) is 0 Å². The van der Waals surface area contributed by atoms with Crippen LogP contribution in [-0.4, -0.2) is 12.5 Å². The lowest BCUT2D eigenvalue weighted by atomic mass is 9.78. The second-order valence-electron chi connectivity index (χ2n) is 7.01. The number of nitrogen functional groups attached to an aromatic ring is 1. The maximum Gasteiger partial charge on any atom is 0.251 e. The predicted octanol–water partition coefficient (Wildman–Crippen LogP) is 3.91. The average Bonchev–Trinajstić information content (AvgIpc) is 2.87. The molecule has 3 heteroatoms. The highest BCUT2D eigenvalue weighted by Gasteiger charge is 2.34. The number of nitrogens with one attached hydrogen (secondary N) is 1. The Morgan fingerprint density at radius 1 is 1.33 bits per heavy atom. The lowest BCUT2D eigenvalue weighted by Crippen LogP contribution is -2.37. The molecule has 116 valence electrons. The summed E-state index contributed by atoms with van der Waals surface area (Å²) in [5.74, 6) is 0.684. The molecule has 1 saturated carbocycles. The van der Waals surface area contributed by atoms with E-state index in [1.165, 1.54) is 32.1 Å². The highest BCUT2D eigenvalue weighted by Crippen LogP contribution is 2.42. The average molecular weight is 288 g/mol. The normalized spacial score (nSPS) is 17.1. The summed E-state index contributed by atoms with van der Waals surface area (Å²) in [7, 11) is 0. The van der Waals surface area contributed by atoms with Gasteiger partial charge in [0.15, 0.2) is 0 Å². The molecule has 0 heterocycles. The summed E-state index contributed by atoms with van der Waals surface area (Å²) in [5, 5.41) is 3.16. The topological polar surface area (TPSA) is 55.1 Å². The van der Waals surface area contributed by atoms with Gasteiger partial charge < -0.3 is 11.1 Å². The maximum absolute atomic E-state index is 12.4. The Labute approximate surface area is 128 Å². The van der Waals surface area contributed by atoms with E-state index in [1.807, 2.05) is 25.1 Å². The van der Waals surface area contributed by atoms with Crippen molar-refractivity contribution in [1.29, 1.82) is 0 Å². The van der Waals surface area contributed by atoms with Gasteiger partial charge in [-0.1, -0.05) is 32.8 Å². The lowest BCUT2D eigenvalue weighted by Gasteiger charge is -2.31. The van der Waals surface area contributed by atoms with E-state index in [0.29, 0.717) is 22.6 Å². The Kier molecular flexibility index (Phi) is 4.92. The summed E-state index contributed by atoms with van der Waals surface area (Å²) in [6.45, 7) is 7.23. The summed E-state index contributed by atoms with van der Waals surface area (Å²) < 4.78 is 0. The largest absolute Gasteiger partial charge is 0.398 e. The van der Waals surface area contributed by atoms with E-state index in [9.17, 15) is 4.79 Å². The van der Waals surface area contributed by atoms with E-state index in [0.717, 1.165) is 12.1 Å². The van der Waals surface area contributed by atoms with Gasteiger partial charge in [0.1, 0.15) is 0 Å². The number of carbonyl (C=O) groups is 1. The zero-order chi connectivity index (χ0) is 15.5. The highest BCUT2D eigenvalue weighted by molar-refractivity contribution is 5.96. The van der Waals surface area contributed by atoms with Crippen molar-refractivity contribution >= 4 is 11.6 Å². The third-order valence-corrected chi connectivity index (χ3v) is 4.75. The van der Waals surface area contributed by atoms with Gasteiger partial charge in [-0.25, -0.2) is 0 Å². The highest BCUT2D eigenvalue weighted by atomic mass is 16.1. The van der Waals surface area contributed by atoms with E-state index in [-0.39, 0.29) is 5.91 Å². The molecule has 3 N–H and O–H groups in total. The first-order valence-electron chi connectivity index (χ1n) is 8.07. The molecule has 0 atom stereocenters. The van der Waals surface area contributed by atoms with Crippen LogP contribution in [0.4, 0.5) is 5.69 Å². The van der Waals surface area contributed by atoms with Crippen LogP contribution in [0.15, 0.2) is 18.2 Å². The number of amides is 1. The Bertz CT molecular complexity index is 502. The fraction of sp³-hybridized carbons (Fsp3) is 0.611. The lowest BCUT2D eigenvalue weighted by molar-refractivity contribution is 0.0921. The Morgan fingerprint density at radius 2 is 2.00 bits per heavy atom. The summed E-state index contributed by atoms with van der Waals surface area (Å²) in [6.07, 6.45) is 6.26. The zero-order valence-corrected chi connectivity index (χ0v) is 13.5.